The molecular weight excluding hydrogens is 364 g/mol. The van der Waals surface area contributed by atoms with Gasteiger partial charge in [-0.15, -0.1) is 0 Å². The van der Waals surface area contributed by atoms with Crippen LogP contribution in [0.2, 0.25) is 0 Å². The lowest BCUT2D eigenvalue weighted by molar-refractivity contribution is -0.00256. The number of benzene rings is 1. The number of halogens is 2. The van der Waals surface area contributed by atoms with Crippen molar-refractivity contribution in [1.82, 2.24) is 10.2 Å². The number of nitrogens with one attached hydrogen (secondary N) is 1. The Morgan fingerprint density at radius 3 is 2.61 bits per heavy atom. The molecule has 2 rings (SSSR count). The van der Waals surface area contributed by atoms with Crippen LogP contribution in [0, 0.1) is 0 Å². The van der Waals surface area contributed by atoms with Gasteiger partial charge in [0.25, 0.3) is 0 Å². The van der Waals surface area contributed by atoms with Gasteiger partial charge in [0.05, 0.1) is 12.6 Å². The summed E-state index contributed by atoms with van der Waals surface area (Å²) in [6.45, 7) is 2.18. The molecule has 1 saturated heterocycles. The first-order valence-corrected chi connectivity index (χ1v) is 7.18. The average molecular weight is 378 g/mol. The highest BCUT2D eigenvalue weighted by molar-refractivity contribution is 9.25. The van der Waals surface area contributed by atoms with Gasteiger partial charge in [-0.2, -0.15) is 0 Å². The van der Waals surface area contributed by atoms with Gasteiger partial charge in [0.1, 0.15) is 3.23 Å². The van der Waals surface area contributed by atoms with Crippen molar-refractivity contribution in [3.8, 4) is 0 Å². The van der Waals surface area contributed by atoms with Gasteiger partial charge in [-0.3, -0.25) is 4.90 Å². The van der Waals surface area contributed by atoms with Crippen LogP contribution >= 0.6 is 31.9 Å². The molecule has 0 radical (unpaired) electrons. The molecule has 6 heteroatoms. The van der Waals surface area contributed by atoms with Crippen LogP contribution in [0.15, 0.2) is 30.3 Å². The van der Waals surface area contributed by atoms with Crippen LogP contribution in [0.3, 0.4) is 0 Å². The van der Waals surface area contributed by atoms with E-state index in [-0.39, 0.29) is 12.1 Å². The highest BCUT2D eigenvalue weighted by Crippen LogP contribution is 2.38. The fourth-order valence-corrected chi connectivity index (χ4v) is 2.57. The van der Waals surface area contributed by atoms with Crippen LogP contribution in [0.25, 0.3) is 0 Å². The van der Waals surface area contributed by atoms with E-state index < -0.39 is 9.46 Å². The largest absolute Gasteiger partial charge is 0.371 e. The summed E-state index contributed by atoms with van der Waals surface area (Å²) in [5.41, 5.74) is 0.969. The molecular formula is C12H14Br2N2O2. The van der Waals surface area contributed by atoms with Gasteiger partial charge in [-0.1, -0.05) is 62.2 Å². The number of alkyl halides is 2. The maximum Gasteiger partial charge on any atom is 0.320 e. The second kappa shape index (κ2) is 5.19. The average Bonchev–Trinajstić information content (AvgIpc) is 2.34. The minimum atomic E-state index is -0.943. The Morgan fingerprint density at radius 2 is 2.00 bits per heavy atom. The van der Waals surface area contributed by atoms with E-state index in [1.165, 1.54) is 4.90 Å². The highest BCUT2D eigenvalue weighted by Gasteiger charge is 2.48. The van der Waals surface area contributed by atoms with Gasteiger partial charge in [0, 0.05) is 0 Å². The maximum atomic E-state index is 11.9. The Hall–Kier alpha value is -0.590. The first-order chi connectivity index (χ1) is 8.43. The van der Waals surface area contributed by atoms with Gasteiger partial charge < -0.3 is 10.4 Å². The molecule has 0 saturated carbocycles. The number of carbonyl (C=O) groups excluding carboxylic acids is 1. The van der Waals surface area contributed by atoms with Crippen LogP contribution < -0.4 is 5.32 Å². The van der Waals surface area contributed by atoms with E-state index in [1.807, 2.05) is 37.3 Å². The third-order valence-electron chi connectivity index (χ3n) is 3.01. The van der Waals surface area contributed by atoms with E-state index in [1.54, 1.807) is 0 Å². The molecule has 0 aromatic heterocycles. The number of rotatable bonds is 2. The van der Waals surface area contributed by atoms with E-state index in [2.05, 4.69) is 37.2 Å². The zero-order valence-corrected chi connectivity index (χ0v) is 13.0. The summed E-state index contributed by atoms with van der Waals surface area (Å²) >= 11 is 6.83. The number of aliphatic hydroxyl groups excluding tert-OH is 1. The van der Waals surface area contributed by atoms with Gasteiger partial charge >= 0.3 is 6.03 Å². The van der Waals surface area contributed by atoms with E-state index in [9.17, 15) is 9.90 Å². The van der Waals surface area contributed by atoms with Crippen LogP contribution in [0.4, 0.5) is 4.79 Å². The third-order valence-corrected chi connectivity index (χ3v) is 5.21. The molecule has 1 heterocycles. The number of hydrogen-bond donors (Lipinski definition) is 2. The lowest BCUT2D eigenvalue weighted by Crippen LogP contribution is -2.65. The van der Waals surface area contributed by atoms with E-state index in [0.717, 1.165) is 5.56 Å². The number of hydrogen-bond acceptors (Lipinski definition) is 2. The summed E-state index contributed by atoms with van der Waals surface area (Å²) in [7, 11) is 0. The molecule has 1 aliphatic rings. The van der Waals surface area contributed by atoms with E-state index >= 15 is 0 Å². The van der Waals surface area contributed by atoms with Crippen molar-refractivity contribution < 1.29 is 9.90 Å². The minimum absolute atomic E-state index is 0.216. The zero-order chi connectivity index (χ0) is 13.3. The van der Waals surface area contributed by atoms with E-state index in [4.69, 9.17) is 0 Å². The molecule has 1 aliphatic heterocycles. The summed E-state index contributed by atoms with van der Waals surface area (Å²) < 4.78 is -0.747. The number of aliphatic hydroxyl groups is 1. The highest BCUT2D eigenvalue weighted by atomic mass is 79.9. The van der Waals surface area contributed by atoms with Crippen molar-refractivity contribution in [2.75, 3.05) is 0 Å². The van der Waals surface area contributed by atoms with Crippen molar-refractivity contribution in [3.63, 3.8) is 0 Å². The van der Waals surface area contributed by atoms with Crippen molar-refractivity contribution in [2.45, 2.75) is 29.0 Å². The predicted octanol–water partition coefficient (Wildman–Crippen LogP) is 2.40. The summed E-state index contributed by atoms with van der Waals surface area (Å²) in [6.07, 6.45) is -0.943. The molecule has 2 N–H and O–H groups in total. The number of nitrogens with zero attached hydrogens (tertiary/aromatic N) is 1. The molecule has 0 bridgehead atoms. The Bertz CT molecular complexity index is 439. The molecule has 2 atom stereocenters. The fourth-order valence-electron chi connectivity index (χ4n) is 1.85. The summed E-state index contributed by atoms with van der Waals surface area (Å²) in [6, 6.07) is 9.08. The Morgan fingerprint density at radius 1 is 1.39 bits per heavy atom. The topological polar surface area (TPSA) is 52.6 Å². The molecule has 98 valence electrons. The van der Waals surface area contributed by atoms with Crippen LogP contribution in [-0.4, -0.2) is 31.5 Å². The molecule has 0 spiro atoms. The fraction of sp³-hybridized carbons (Fsp3) is 0.417. The second-order valence-corrected chi connectivity index (χ2v) is 8.02. The molecule has 2 unspecified atom stereocenters. The lowest BCUT2D eigenvalue weighted by atomic mass is 10.1. The van der Waals surface area contributed by atoms with Gasteiger partial charge in [-0.25, -0.2) is 4.79 Å². The smallest absolute Gasteiger partial charge is 0.320 e. The third kappa shape index (κ3) is 2.55. The van der Waals surface area contributed by atoms with Crippen LogP contribution in [0.1, 0.15) is 12.5 Å². The van der Waals surface area contributed by atoms with Crippen molar-refractivity contribution in [2.24, 2.45) is 0 Å². The van der Waals surface area contributed by atoms with Crippen molar-refractivity contribution in [1.29, 1.82) is 0 Å². The predicted molar refractivity (Wildman–Crippen MR) is 76.6 cm³/mol. The number of urea groups is 1. The van der Waals surface area contributed by atoms with E-state index in [0.29, 0.717) is 6.54 Å². The molecule has 1 fully saturated rings. The molecule has 2 amide bonds. The molecule has 1 aromatic rings. The summed E-state index contributed by atoms with van der Waals surface area (Å²) in [4.78, 5) is 13.3. The Labute approximate surface area is 123 Å². The summed E-state index contributed by atoms with van der Waals surface area (Å²) in [5.74, 6) is 0. The molecule has 4 nitrogen and oxygen atoms in total. The standard InChI is InChI=1S/C12H14Br2N2O2/c1-8-12(13,14)10(17)16(11(18)15-8)7-9-5-3-2-4-6-9/h2-6,8,10,17H,7H2,1H3,(H,15,18). The first-order valence-electron chi connectivity index (χ1n) is 5.60. The maximum absolute atomic E-state index is 11.9. The summed E-state index contributed by atoms with van der Waals surface area (Å²) in [5, 5.41) is 13.1. The molecule has 18 heavy (non-hydrogen) atoms. The lowest BCUT2D eigenvalue weighted by Gasteiger charge is -2.44. The van der Waals surface area contributed by atoms with Gasteiger partial charge in [-0.05, 0) is 12.5 Å². The van der Waals surface area contributed by atoms with Gasteiger partial charge in [0.15, 0.2) is 6.23 Å². The minimum Gasteiger partial charge on any atom is -0.371 e. The van der Waals surface area contributed by atoms with Crippen molar-refractivity contribution >= 4 is 37.9 Å². The number of carbonyl (C=O) groups is 1. The normalized spacial score (nSPS) is 26.9. The second-order valence-electron chi connectivity index (χ2n) is 4.33. The quantitative estimate of drug-likeness (QED) is 0.777. The van der Waals surface area contributed by atoms with Crippen molar-refractivity contribution in [3.05, 3.63) is 35.9 Å². The Kier molecular flexibility index (Phi) is 3.99. The molecule has 0 aliphatic carbocycles. The zero-order valence-electron chi connectivity index (χ0n) is 9.81. The van der Waals surface area contributed by atoms with Crippen LogP contribution in [-0.2, 0) is 6.54 Å². The van der Waals surface area contributed by atoms with Crippen LogP contribution in [0.5, 0.6) is 0 Å². The first kappa shape index (κ1) is 13.8. The Balaban J connectivity index is 2.19. The molecule has 1 aromatic carbocycles. The van der Waals surface area contributed by atoms with Gasteiger partial charge in [0.2, 0.25) is 0 Å². The SMILES string of the molecule is CC1NC(=O)N(Cc2ccccc2)C(O)C1(Br)Br. The monoisotopic (exact) mass is 376 g/mol. The number of amides is 2.